The number of sulfonamides is 1. The van der Waals surface area contributed by atoms with Gasteiger partial charge in [-0.25, -0.2) is 12.8 Å². The van der Waals surface area contributed by atoms with Crippen molar-refractivity contribution in [3.8, 4) is 0 Å². The molecule has 0 atom stereocenters. The predicted octanol–water partition coefficient (Wildman–Crippen LogP) is 3.74. The molecule has 2 rings (SSSR count). The summed E-state index contributed by atoms with van der Waals surface area (Å²) in [6, 6.07) is 8.96. The topological polar surface area (TPSA) is 58.2 Å². The number of aryl methyl sites for hydroxylation is 1. The number of nitrogens with one attached hydrogen (secondary N) is 2. The molecule has 0 aliphatic heterocycles. The van der Waals surface area contributed by atoms with Gasteiger partial charge in [0.05, 0.1) is 15.1 Å². The normalized spacial score (nSPS) is 11.2. The molecule has 0 saturated heterocycles. The molecule has 0 aromatic heterocycles. The summed E-state index contributed by atoms with van der Waals surface area (Å²) >= 11 is 3.06. The van der Waals surface area contributed by atoms with Crippen molar-refractivity contribution in [2.24, 2.45) is 0 Å². The van der Waals surface area contributed by atoms with Crippen molar-refractivity contribution in [3.05, 3.63) is 52.3 Å². The van der Waals surface area contributed by atoms with Gasteiger partial charge in [-0.1, -0.05) is 0 Å². The lowest BCUT2D eigenvalue weighted by atomic mass is 10.2. The van der Waals surface area contributed by atoms with E-state index in [0.717, 1.165) is 11.8 Å². The van der Waals surface area contributed by atoms with Crippen LogP contribution in [0, 0.1) is 12.7 Å². The van der Waals surface area contributed by atoms with Gasteiger partial charge in [0.1, 0.15) is 5.82 Å². The molecule has 0 radical (unpaired) electrons. The lowest BCUT2D eigenvalue weighted by Gasteiger charge is -2.12. The van der Waals surface area contributed by atoms with Gasteiger partial charge in [0, 0.05) is 12.7 Å². The maximum absolute atomic E-state index is 13.5. The first kappa shape index (κ1) is 15.8. The maximum Gasteiger partial charge on any atom is 0.261 e. The first-order valence-electron chi connectivity index (χ1n) is 6.10. The first-order valence-corrected chi connectivity index (χ1v) is 8.37. The lowest BCUT2D eigenvalue weighted by Crippen LogP contribution is -2.14. The van der Waals surface area contributed by atoms with Gasteiger partial charge in [0.2, 0.25) is 0 Å². The van der Waals surface area contributed by atoms with Crippen molar-refractivity contribution in [1.82, 2.24) is 0 Å². The highest BCUT2D eigenvalue weighted by Gasteiger charge is 2.16. The zero-order chi connectivity index (χ0) is 15.6. The van der Waals surface area contributed by atoms with E-state index >= 15 is 0 Å². The number of anilines is 2. The Morgan fingerprint density at radius 2 is 1.76 bits per heavy atom. The van der Waals surface area contributed by atoms with Gasteiger partial charge in [-0.05, 0) is 64.8 Å². The van der Waals surface area contributed by atoms with Crippen molar-refractivity contribution in [2.75, 3.05) is 17.1 Å². The Labute approximate surface area is 131 Å². The Morgan fingerprint density at radius 3 is 2.33 bits per heavy atom. The summed E-state index contributed by atoms with van der Waals surface area (Å²) in [4.78, 5) is 0.115. The van der Waals surface area contributed by atoms with Gasteiger partial charge in [-0.2, -0.15) is 0 Å². The number of hydrogen-bond donors (Lipinski definition) is 2. The molecule has 0 amide bonds. The van der Waals surface area contributed by atoms with E-state index in [0.29, 0.717) is 10.0 Å². The van der Waals surface area contributed by atoms with Gasteiger partial charge in [0.25, 0.3) is 10.0 Å². The second kappa shape index (κ2) is 6.03. The summed E-state index contributed by atoms with van der Waals surface area (Å²) < 4.78 is 40.8. The van der Waals surface area contributed by atoms with Gasteiger partial charge < -0.3 is 5.32 Å². The third-order valence-electron chi connectivity index (χ3n) is 2.96. The first-order chi connectivity index (χ1) is 9.83. The molecule has 2 aromatic rings. The fraction of sp³-hybridized carbons (Fsp3) is 0.143. The number of hydrogen-bond acceptors (Lipinski definition) is 3. The molecule has 0 heterocycles. The second-order valence-electron chi connectivity index (χ2n) is 4.46. The van der Waals surface area contributed by atoms with E-state index in [1.54, 1.807) is 26.1 Å². The van der Waals surface area contributed by atoms with E-state index in [-0.39, 0.29) is 10.6 Å². The monoisotopic (exact) mass is 372 g/mol. The van der Waals surface area contributed by atoms with Gasteiger partial charge >= 0.3 is 0 Å². The quantitative estimate of drug-likeness (QED) is 0.859. The van der Waals surface area contributed by atoms with Crippen LogP contribution in [0.3, 0.4) is 0 Å². The minimum atomic E-state index is -3.75. The molecule has 112 valence electrons. The number of halogens is 2. The zero-order valence-corrected chi connectivity index (χ0v) is 13.8. The molecule has 0 spiro atoms. The molecule has 4 nitrogen and oxygen atoms in total. The second-order valence-corrected chi connectivity index (χ2v) is 7.00. The van der Waals surface area contributed by atoms with Crippen LogP contribution >= 0.6 is 15.9 Å². The smallest absolute Gasteiger partial charge is 0.261 e. The lowest BCUT2D eigenvalue weighted by molar-refractivity contribution is 0.601. The summed E-state index contributed by atoms with van der Waals surface area (Å²) in [5.41, 5.74) is 1.65. The number of rotatable bonds is 4. The van der Waals surface area contributed by atoms with Crippen LogP contribution in [0.1, 0.15) is 5.56 Å². The molecule has 0 bridgehead atoms. The van der Waals surface area contributed by atoms with Crippen molar-refractivity contribution >= 4 is 37.3 Å². The predicted molar refractivity (Wildman–Crippen MR) is 85.6 cm³/mol. The Balaban J connectivity index is 2.34. The molecule has 0 fully saturated rings. The van der Waals surface area contributed by atoms with Crippen molar-refractivity contribution in [1.29, 1.82) is 0 Å². The average molecular weight is 373 g/mol. The van der Waals surface area contributed by atoms with E-state index in [2.05, 4.69) is 26.0 Å². The molecule has 21 heavy (non-hydrogen) atoms. The molecule has 2 N–H and O–H groups in total. The molecule has 0 saturated carbocycles. The van der Waals surface area contributed by atoms with Crippen LogP contribution in [0.2, 0.25) is 0 Å². The van der Waals surface area contributed by atoms with Crippen molar-refractivity contribution in [3.63, 3.8) is 0 Å². The van der Waals surface area contributed by atoms with E-state index in [9.17, 15) is 12.8 Å². The highest BCUT2D eigenvalue weighted by molar-refractivity contribution is 9.10. The van der Waals surface area contributed by atoms with Gasteiger partial charge in [-0.15, -0.1) is 0 Å². The van der Waals surface area contributed by atoms with Crippen LogP contribution in [0.15, 0.2) is 45.8 Å². The van der Waals surface area contributed by atoms with Crippen LogP contribution < -0.4 is 10.0 Å². The van der Waals surface area contributed by atoms with E-state index in [1.807, 2.05) is 0 Å². The summed E-state index contributed by atoms with van der Waals surface area (Å²) in [6.45, 7) is 1.70. The van der Waals surface area contributed by atoms with E-state index in [1.165, 1.54) is 18.2 Å². The van der Waals surface area contributed by atoms with Crippen LogP contribution in [-0.4, -0.2) is 15.5 Å². The molecule has 7 heteroatoms. The van der Waals surface area contributed by atoms with Crippen molar-refractivity contribution < 1.29 is 12.8 Å². The van der Waals surface area contributed by atoms with Gasteiger partial charge in [0.15, 0.2) is 0 Å². The van der Waals surface area contributed by atoms with Crippen molar-refractivity contribution in [2.45, 2.75) is 11.8 Å². The molecule has 0 aliphatic rings. The molecule has 0 unspecified atom stereocenters. The third-order valence-corrected chi connectivity index (χ3v) is 4.95. The number of benzene rings is 2. The summed E-state index contributed by atoms with van der Waals surface area (Å²) in [7, 11) is -2.00. The molecule has 2 aromatic carbocycles. The van der Waals surface area contributed by atoms with E-state index < -0.39 is 15.8 Å². The largest absolute Gasteiger partial charge is 0.388 e. The van der Waals surface area contributed by atoms with Crippen LogP contribution in [-0.2, 0) is 10.0 Å². The minimum Gasteiger partial charge on any atom is -0.388 e. The Bertz CT molecular complexity index is 761. The third kappa shape index (κ3) is 3.54. The Kier molecular flexibility index (Phi) is 4.53. The summed E-state index contributed by atoms with van der Waals surface area (Å²) in [5, 5.41) is 2.91. The SMILES string of the molecule is CNc1ccc(S(=O)(=O)Nc2cc(F)c(Br)cc2C)cc1. The summed E-state index contributed by atoms with van der Waals surface area (Å²) in [5.74, 6) is -0.524. The van der Waals surface area contributed by atoms with E-state index in [4.69, 9.17) is 0 Å². The summed E-state index contributed by atoms with van der Waals surface area (Å²) in [6.07, 6.45) is 0. The zero-order valence-electron chi connectivity index (χ0n) is 11.4. The highest BCUT2D eigenvalue weighted by atomic mass is 79.9. The maximum atomic E-state index is 13.5. The standard InChI is InChI=1S/C14H14BrFN2O2S/c1-9-7-12(15)13(16)8-14(9)18-21(19,20)11-5-3-10(17-2)4-6-11/h3-8,17-18H,1-2H3. The molecular weight excluding hydrogens is 359 g/mol. The fourth-order valence-corrected chi connectivity index (χ4v) is 3.34. The molecule has 0 aliphatic carbocycles. The Morgan fingerprint density at radius 1 is 1.14 bits per heavy atom. The molecular formula is C14H14BrFN2O2S. The van der Waals surface area contributed by atoms with Crippen LogP contribution in [0.5, 0.6) is 0 Å². The average Bonchev–Trinajstić information content (AvgIpc) is 2.44. The van der Waals surface area contributed by atoms with Crippen LogP contribution in [0.25, 0.3) is 0 Å². The fourth-order valence-electron chi connectivity index (χ4n) is 1.76. The van der Waals surface area contributed by atoms with Gasteiger partial charge in [-0.3, -0.25) is 4.72 Å². The Hall–Kier alpha value is -1.60. The minimum absolute atomic E-state index is 0.115. The highest BCUT2D eigenvalue weighted by Crippen LogP contribution is 2.26. The van der Waals surface area contributed by atoms with Crippen LogP contribution in [0.4, 0.5) is 15.8 Å².